The SMILES string of the molecule is CC1(C)C(=O)N(c2ccc(C#N)c(C(F)(F)F)c2)C(=O)N1C(c1ccccc1)c1ccccc1. The highest BCUT2D eigenvalue weighted by Gasteiger charge is 2.55. The Morgan fingerprint density at radius 3 is 1.88 bits per heavy atom. The lowest BCUT2D eigenvalue weighted by molar-refractivity contribution is -0.137. The zero-order valence-corrected chi connectivity index (χ0v) is 18.4. The molecule has 0 atom stereocenters. The lowest BCUT2D eigenvalue weighted by Gasteiger charge is -2.36. The second-order valence-corrected chi connectivity index (χ2v) is 8.42. The van der Waals surface area contributed by atoms with Crippen LogP contribution >= 0.6 is 0 Å². The third-order valence-electron chi connectivity index (χ3n) is 5.90. The average molecular weight is 463 g/mol. The number of rotatable bonds is 4. The number of hydrogen-bond acceptors (Lipinski definition) is 3. The summed E-state index contributed by atoms with van der Waals surface area (Å²) in [6.45, 7) is 3.14. The van der Waals surface area contributed by atoms with Gasteiger partial charge in [-0.3, -0.25) is 9.69 Å². The van der Waals surface area contributed by atoms with Gasteiger partial charge in [-0.1, -0.05) is 60.7 Å². The van der Waals surface area contributed by atoms with E-state index in [9.17, 15) is 22.8 Å². The summed E-state index contributed by atoms with van der Waals surface area (Å²) < 4.78 is 40.6. The van der Waals surface area contributed by atoms with Crippen LogP contribution in [0.1, 0.15) is 42.1 Å². The summed E-state index contributed by atoms with van der Waals surface area (Å²) in [5.74, 6) is -0.660. The van der Waals surface area contributed by atoms with Crippen LogP contribution in [-0.4, -0.2) is 22.4 Å². The molecule has 0 spiro atoms. The van der Waals surface area contributed by atoms with Gasteiger partial charge >= 0.3 is 12.2 Å². The molecule has 0 unspecified atom stereocenters. The first-order valence-electron chi connectivity index (χ1n) is 10.5. The highest BCUT2D eigenvalue weighted by molar-refractivity contribution is 6.23. The van der Waals surface area contributed by atoms with E-state index in [-0.39, 0.29) is 5.69 Å². The molecule has 1 saturated heterocycles. The highest BCUT2D eigenvalue weighted by atomic mass is 19.4. The Bertz CT molecular complexity index is 1240. The Morgan fingerprint density at radius 1 is 0.882 bits per heavy atom. The van der Waals surface area contributed by atoms with Crippen LogP contribution in [0.2, 0.25) is 0 Å². The summed E-state index contributed by atoms with van der Waals surface area (Å²) in [6.07, 6.45) is -4.82. The van der Waals surface area contributed by atoms with E-state index in [4.69, 9.17) is 5.26 Å². The number of benzene rings is 3. The number of carbonyl (C=O) groups is 2. The van der Waals surface area contributed by atoms with Crippen molar-refractivity contribution in [3.8, 4) is 6.07 Å². The topological polar surface area (TPSA) is 64.4 Å². The molecule has 34 heavy (non-hydrogen) atoms. The molecule has 3 amide bonds. The lowest BCUT2D eigenvalue weighted by Crippen LogP contribution is -2.46. The monoisotopic (exact) mass is 463 g/mol. The molecule has 1 fully saturated rings. The van der Waals surface area contributed by atoms with Crippen molar-refractivity contribution < 1.29 is 22.8 Å². The maximum atomic E-state index is 13.7. The van der Waals surface area contributed by atoms with Gasteiger partial charge < -0.3 is 0 Å². The molecule has 0 bridgehead atoms. The predicted octanol–water partition coefficient (Wildman–Crippen LogP) is 5.91. The number of anilines is 1. The molecule has 3 aromatic carbocycles. The van der Waals surface area contributed by atoms with E-state index < -0.39 is 40.8 Å². The molecule has 1 aliphatic heterocycles. The van der Waals surface area contributed by atoms with Gasteiger partial charge in [0.15, 0.2) is 0 Å². The van der Waals surface area contributed by atoms with Crippen molar-refractivity contribution in [2.24, 2.45) is 0 Å². The Morgan fingerprint density at radius 2 is 1.41 bits per heavy atom. The van der Waals surface area contributed by atoms with Crippen molar-refractivity contribution >= 4 is 17.6 Å². The van der Waals surface area contributed by atoms with Gasteiger partial charge in [-0.25, -0.2) is 9.69 Å². The molecule has 172 valence electrons. The summed E-state index contributed by atoms with van der Waals surface area (Å²) >= 11 is 0. The van der Waals surface area contributed by atoms with Crippen molar-refractivity contribution in [3.63, 3.8) is 0 Å². The first kappa shape index (κ1) is 23.1. The Balaban J connectivity index is 1.86. The number of nitrogens with zero attached hydrogens (tertiary/aromatic N) is 3. The molecule has 4 rings (SSSR count). The number of halogens is 3. The first-order chi connectivity index (χ1) is 16.1. The summed E-state index contributed by atoms with van der Waals surface area (Å²) in [7, 11) is 0. The molecule has 1 aliphatic rings. The summed E-state index contributed by atoms with van der Waals surface area (Å²) in [6, 6.07) is 21.2. The summed E-state index contributed by atoms with van der Waals surface area (Å²) in [5.41, 5.74) is -1.89. The van der Waals surface area contributed by atoms with Crippen molar-refractivity contribution in [3.05, 3.63) is 101 Å². The zero-order valence-electron chi connectivity index (χ0n) is 18.4. The number of alkyl halides is 3. The van der Waals surface area contributed by atoms with E-state index in [1.165, 1.54) is 17.0 Å². The number of hydrogen-bond donors (Lipinski definition) is 0. The normalized spacial score (nSPS) is 15.7. The van der Waals surface area contributed by atoms with Crippen LogP contribution in [0.4, 0.5) is 23.7 Å². The summed E-state index contributed by atoms with van der Waals surface area (Å²) in [5, 5.41) is 9.09. The molecule has 0 saturated carbocycles. The molecule has 1 heterocycles. The van der Waals surface area contributed by atoms with E-state index in [2.05, 4.69) is 0 Å². The van der Waals surface area contributed by atoms with Gasteiger partial charge in [-0.15, -0.1) is 0 Å². The quantitative estimate of drug-likeness (QED) is 0.452. The fourth-order valence-corrected chi connectivity index (χ4v) is 4.24. The Labute approximate surface area is 194 Å². The molecule has 0 aromatic heterocycles. The predicted molar refractivity (Wildman–Crippen MR) is 120 cm³/mol. The standard InChI is InChI=1S/C26H20F3N3O2/c1-25(2)23(33)31(20-14-13-19(16-30)21(15-20)26(27,28)29)24(34)32(25)22(17-9-5-3-6-10-17)18-11-7-4-8-12-18/h3-15,22H,1-2H3. The Hall–Kier alpha value is -4.12. The van der Waals surface area contributed by atoms with Crippen LogP contribution in [0.25, 0.3) is 0 Å². The van der Waals surface area contributed by atoms with Crippen LogP contribution < -0.4 is 4.90 Å². The van der Waals surface area contributed by atoms with Crippen molar-refractivity contribution in [2.45, 2.75) is 31.6 Å². The molecule has 3 aromatic rings. The van der Waals surface area contributed by atoms with Gasteiger partial charge in [0.2, 0.25) is 0 Å². The van der Waals surface area contributed by atoms with E-state index in [1.54, 1.807) is 13.8 Å². The van der Waals surface area contributed by atoms with Gasteiger partial charge in [-0.05, 0) is 43.2 Å². The molecular weight excluding hydrogens is 443 g/mol. The van der Waals surface area contributed by atoms with Crippen molar-refractivity contribution in [1.82, 2.24) is 4.90 Å². The van der Waals surface area contributed by atoms with Gasteiger partial charge in [0, 0.05) is 0 Å². The minimum Gasteiger partial charge on any atom is -0.299 e. The molecule has 8 heteroatoms. The van der Waals surface area contributed by atoms with E-state index in [0.717, 1.165) is 22.1 Å². The number of imide groups is 1. The third-order valence-corrected chi connectivity index (χ3v) is 5.90. The van der Waals surface area contributed by atoms with Gasteiger partial charge in [-0.2, -0.15) is 18.4 Å². The molecule has 5 nitrogen and oxygen atoms in total. The zero-order chi connectivity index (χ0) is 24.7. The fraction of sp³-hybridized carbons (Fsp3) is 0.192. The fourth-order valence-electron chi connectivity index (χ4n) is 4.24. The van der Waals surface area contributed by atoms with Crippen LogP contribution in [-0.2, 0) is 11.0 Å². The van der Waals surface area contributed by atoms with E-state index in [0.29, 0.717) is 6.07 Å². The average Bonchev–Trinajstić information content (AvgIpc) is 2.99. The second kappa shape index (κ2) is 8.34. The van der Waals surface area contributed by atoms with Crippen molar-refractivity contribution in [1.29, 1.82) is 5.26 Å². The lowest BCUT2D eigenvalue weighted by atomic mass is 9.92. The first-order valence-corrected chi connectivity index (χ1v) is 10.5. The van der Waals surface area contributed by atoms with Gasteiger partial charge in [0.05, 0.1) is 28.9 Å². The number of amides is 3. The smallest absolute Gasteiger partial charge is 0.299 e. The number of urea groups is 1. The molecular formula is C26H20F3N3O2. The Kier molecular flexibility index (Phi) is 5.65. The number of nitriles is 1. The molecule has 0 radical (unpaired) electrons. The number of carbonyl (C=O) groups excluding carboxylic acids is 2. The molecule has 0 N–H and O–H groups in total. The van der Waals surface area contributed by atoms with Crippen LogP contribution in [0, 0.1) is 11.3 Å². The van der Waals surface area contributed by atoms with E-state index in [1.807, 2.05) is 60.7 Å². The minimum atomic E-state index is -4.82. The maximum Gasteiger partial charge on any atom is 0.417 e. The minimum absolute atomic E-state index is 0.239. The van der Waals surface area contributed by atoms with Crippen LogP contribution in [0.15, 0.2) is 78.9 Å². The van der Waals surface area contributed by atoms with Crippen LogP contribution in [0.3, 0.4) is 0 Å². The second-order valence-electron chi connectivity index (χ2n) is 8.42. The summed E-state index contributed by atoms with van der Waals surface area (Å²) in [4.78, 5) is 29.3. The third kappa shape index (κ3) is 3.79. The van der Waals surface area contributed by atoms with Crippen molar-refractivity contribution in [2.75, 3.05) is 4.90 Å². The van der Waals surface area contributed by atoms with E-state index >= 15 is 0 Å². The van der Waals surface area contributed by atoms with Gasteiger partial charge in [0.1, 0.15) is 5.54 Å². The van der Waals surface area contributed by atoms with Crippen LogP contribution in [0.5, 0.6) is 0 Å². The maximum absolute atomic E-state index is 13.7. The molecule has 0 aliphatic carbocycles. The highest BCUT2D eigenvalue weighted by Crippen LogP contribution is 2.42. The van der Waals surface area contributed by atoms with Gasteiger partial charge in [0.25, 0.3) is 5.91 Å². The largest absolute Gasteiger partial charge is 0.417 e.